The molecule has 0 aliphatic carbocycles. The third-order valence-electron chi connectivity index (χ3n) is 5.28. The molecule has 0 aliphatic heterocycles. The molecule has 1 aromatic rings. The molecule has 0 unspecified atom stereocenters. The van der Waals surface area contributed by atoms with Gasteiger partial charge in [-0.3, -0.25) is 9.59 Å². The van der Waals surface area contributed by atoms with Gasteiger partial charge in [-0.25, -0.2) is 0 Å². The molecule has 0 spiro atoms. The summed E-state index contributed by atoms with van der Waals surface area (Å²) in [7, 11) is 0. The summed E-state index contributed by atoms with van der Waals surface area (Å²) in [5.41, 5.74) is 0.926. The Hall–Kier alpha value is -1.40. The van der Waals surface area contributed by atoms with E-state index in [0.29, 0.717) is 26.1 Å². The summed E-state index contributed by atoms with van der Waals surface area (Å²) in [5, 5.41) is 0. The molecule has 0 N–H and O–H groups in total. The molecule has 0 saturated heterocycles. The molecule has 33 heavy (non-hydrogen) atoms. The molecular formula is C27H42O4S2. The number of hydrogen-bond donors (Lipinski definition) is 0. The third-order valence-corrected chi connectivity index (χ3v) is 7.51. The van der Waals surface area contributed by atoms with Gasteiger partial charge in [0.1, 0.15) is 13.2 Å². The number of rotatable bonds is 17. The molecule has 6 heteroatoms. The minimum atomic E-state index is -0.127. The number of hydrogen-bond acceptors (Lipinski definition) is 6. The van der Waals surface area contributed by atoms with Gasteiger partial charge in [0.2, 0.25) is 0 Å². The fourth-order valence-electron chi connectivity index (χ4n) is 3.05. The number of carbonyl (C=O) groups is 2. The van der Waals surface area contributed by atoms with E-state index in [2.05, 4.69) is 27.7 Å². The summed E-state index contributed by atoms with van der Waals surface area (Å²) in [4.78, 5) is 24.1. The summed E-state index contributed by atoms with van der Waals surface area (Å²) in [6.07, 6.45) is 6.63. The highest BCUT2D eigenvalue weighted by Crippen LogP contribution is 2.29. The van der Waals surface area contributed by atoms with Gasteiger partial charge in [0.05, 0.1) is 12.8 Å². The van der Waals surface area contributed by atoms with Crippen molar-refractivity contribution in [2.24, 2.45) is 10.8 Å². The molecule has 0 bridgehead atoms. The van der Waals surface area contributed by atoms with Crippen molar-refractivity contribution in [3.05, 3.63) is 48.0 Å². The first-order valence-electron chi connectivity index (χ1n) is 11.8. The second-order valence-electron chi connectivity index (χ2n) is 9.81. The van der Waals surface area contributed by atoms with Crippen molar-refractivity contribution < 1.29 is 19.1 Å². The van der Waals surface area contributed by atoms with Crippen molar-refractivity contribution in [3.63, 3.8) is 0 Å². The monoisotopic (exact) mass is 494 g/mol. The van der Waals surface area contributed by atoms with Gasteiger partial charge in [-0.1, -0.05) is 70.2 Å². The van der Waals surface area contributed by atoms with Gasteiger partial charge in [0.15, 0.2) is 0 Å². The summed E-state index contributed by atoms with van der Waals surface area (Å²) < 4.78 is 10.6. The molecular weight excluding hydrogens is 452 g/mol. The summed E-state index contributed by atoms with van der Waals surface area (Å²) in [6.45, 7) is 11.2. The van der Waals surface area contributed by atoms with E-state index in [1.807, 2.05) is 72.9 Å². The zero-order valence-electron chi connectivity index (χ0n) is 21.1. The predicted molar refractivity (Wildman–Crippen MR) is 143 cm³/mol. The van der Waals surface area contributed by atoms with Crippen LogP contribution in [-0.4, -0.2) is 41.6 Å². The van der Waals surface area contributed by atoms with Gasteiger partial charge in [-0.05, 0) is 47.7 Å². The number of ether oxygens (including phenoxy) is 2. The Balaban J connectivity index is 2.09. The van der Waals surface area contributed by atoms with Crippen LogP contribution in [0.1, 0.15) is 65.9 Å². The Kier molecular flexibility index (Phi) is 14.6. The molecule has 0 heterocycles. The topological polar surface area (TPSA) is 52.6 Å². The van der Waals surface area contributed by atoms with Crippen LogP contribution in [0.4, 0.5) is 0 Å². The average Bonchev–Trinajstić information content (AvgIpc) is 2.74. The van der Waals surface area contributed by atoms with Crippen molar-refractivity contribution in [3.8, 4) is 0 Å². The van der Waals surface area contributed by atoms with Gasteiger partial charge < -0.3 is 9.47 Å². The Morgan fingerprint density at radius 2 is 1.33 bits per heavy atom. The third kappa shape index (κ3) is 16.0. The number of carbonyl (C=O) groups excluding carboxylic acids is 2. The first kappa shape index (κ1) is 29.6. The molecule has 4 nitrogen and oxygen atoms in total. The molecule has 1 aromatic carbocycles. The van der Waals surface area contributed by atoms with E-state index in [-0.39, 0.29) is 22.8 Å². The zero-order valence-corrected chi connectivity index (χ0v) is 22.7. The van der Waals surface area contributed by atoms with E-state index < -0.39 is 0 Å². The number of allylic oxidation sites excluding steroid dienone is 1. The second kappa shape index (κ2) is 16.3. The lowest BCUT2D eigenvalue weighted by Gasteiger charge is -2.23. The maximum Gasteiger partial charge on any atom is 0.306 e. The second-order valence-corrected chi connectivity index (χ2v) is 12.3. The van der Waals surface area contributed by atoms with Crippen molar-refractivity contribution in [2.45, 2.75) is 66.9 Å². The maximum atomic E-state index is 12.2. The van der Waals surface area contributed by atoms with Crippen LogP contribution >= 0.6 is 23.5 Å². The van der Waals surface area contributed by atoms with Crippen LogP contribution in [0.2, 0.25) is 0 Å². The van der Waals surface area contributed by atoms with Crippen LogP contribution in [0.5, 0.6) is 0 Å². The lowest BCUT2D eigenvalue weighted by Crippen LogP contribution is -2.20. The van der Waals surface area contributed by atoms with Crippen LogP contribution in [0.3, 0.4) is 0 Å². The quantitative estimate of drug-likeness (QED) is 0.133. The van der Waals surface area contributed by atoms with Crippen molar-refractivity contribution in [1.29, 1.82) is 0 Å². The Morgan fingerprint density at radius 3 is 1.85 bits per heavy atom. The van der Waals surface area contributed by atoms with E-state index in [9.17, 15) is 9.59 Å². The van der Waals surface area contributed by atoms with Crippen molar-refractivity contribution in [2.75, 3.05) is 29.6 Å². The van der Waals surface area contributed by atoms with Crippen LogP contribution < -0.4 is 0 Å². The molecule has 0 amide bonds. The first-order chi connectivity index (χ1) is 15.6. The minimum Gasteiger partial charge on any atom is -0.461 e. The molecule has 0 aliphatic rings. The van der Waals surface area contributed by atoms with E-state index >= 15 is 0 Å². The highest BCUT2D eigenvalue weighted by atomic mass is 32.2. The fraction of sp³-hybridized carbons (Fsp3) is 0.630. The highest BCUT2D eigenvalue weighted by Gasteiger charge is 2.23. The average molecular weight is 495 g/mol. The van der Waals surface area contributed by atoms with Crippen LogP contribution in [-0.2, 0) is 25.7 Å². The number of thioether (sulfide) groups is 2. The van der Waals surface area contributed by atoms with Crippen LogP contribution in [0.15, 0.2) is 42.5 Å². The van der Waals surface area contributed by atoms with Gasteiger partial charge in [-0.15, -0.1) is 0 Å². The minimum absolute atomic E-state index is 0.0354. The fourth-order valence-corrected chi connectivity index (χ4v) is 5.80. The molecule has 0 radical (unpaired) electrons. The standard InChI is InChI=1S/C27H42O4S2/c1-6-7-15-30-24(28)20-26(2,3)13-16-32-18-19-33-17-14-27(4,5)21-25(29)31-22-23-11-9-8-10-12-23/h6-12H,13-22H2,1-5H3/b7-6+. The van der Waals surface area contributed by atoms with Gasteiger partial charge >= 0.3 is 11.9 Å². The summed E-state index contributed by atoms with van der Waals surface area (Å²) in [6, 6.07) is 9.79. The van der Waals surface area contributed by atoms with Crippen molar-refractivity contribution >= 4 is 35.5 Å². The predicted octanol–water partition coefficient (Wildman–Crippen LogP) is 6.93. The van der Waals surface area contributed by atoms with E-state index in [1.54, 1.807) is 0 Å². The molecule has 1 rings (SSSR count). The van der Waals surface area contributed by atoms with Gasteiger partial charge in [0.25, 0.3) is 0 Å². The van der Waals surface area contributed by atoms with E-state index in [4.69, 9.17) is 9.47 Å². The lowest BCUT2D eigenvalue weighted by molar-refractivity contribution is -0.147. The lowest BCUT2D eigenvalue weighted by atomic mass is 9.86. The van der Waals surface area contributed by atoms with Crippen LogP contribution in [0.25, 0.3) is 0 Å². The number of esters is 2. The smallest absolute Gasteiger partial charge is 0.306 e. The van der Waals surface area contributed by atoms with Gasteiger partial charge in [-0.2, -0.15) is 23.5 Å². The highest BCUT2D eigenvalue weighted by molar-refractivity contribution is 8.02. The number of benzene rings is 1. The summed E-state index contributed by atoms with van der Waals surface area (Å²) >= 11 is 3.89. The molecule has 0 atom stereocenters. The first-order valence-corrected chi connectivity index (χ1v) is 14.1. The van der Waals surface area contributed by atoms with E-state index in [0.717, 1.165) is 41.4 Å². The zero-order chi connectivity index (χ0) is 24.6. The Bertz CT molecular complexity index is 714. The largest absolute Gasteiger partial charge is 0.461 e. The van der Waals surface area contributed by atoms with Gasteiger partial charge in [0, 0.05) is 11.5 Å². The molecule has 0 aromatic heterocycles. The van der Waals surface area contributed by atoms with Crippen LogP contribution in [0, 0.1) is 10.8 Å². The molecule has 0 fully saturated rings. The Morgan fingerprint density at radius 1 is 0.818 bits per heavy atom. The Labute approximate surface area is 209 Å². The normalized spacial score (nSPS) is 12.2. The molecule has 0 saturated carbocycles. The summed E-state index contributed by atoms with van der Waals surface area (Å²) in [5.74, 6) is 4.05. The SMILES string of the molecule is C/C=C/COC(=O)CC(C)(C)CCSCCSCCC(C)(C)CC(=O)OCc1ccccc1. The maximum absolute atomic E-state index is 12.2. The van der Waals surface area contributed by atoms with Crippen molar-refractivity contribution in [1.82, 2.24) is 0 Å². The molecule has 186 valence electrons. The van der Waals surface area contributed by atoms with E-state index in [1.165, 1.54) is 0 Å².